The fraction of sp³-hybridized carbons (Fsp3) is 0.577. The number of hydrogen-bond acceptors (Lipinski definition) is 8. The highest BCUT2D eigenvalue weighted by molar-refractivity contribution is 5.82. The Morgan fingerprint density at radius 1 is 1.11 bits per heavy atom. The summed E-state index contributed by atoms with van der Waals surface area (Å²) in [5.41, 5.74) is 4.43. The van der Waals surface area contributed by atoms with Gasteiger partial charge < -0.3 is 25.0 Å². The lowest BCUT2D eigenvalue weighted by molar-refractivity contribution is 0.121. The summed E-state index contributed by atoms with van der Waals surface area (Å²) in [6.07, 6.45) is 7.22. The highest BCUT2D eigenvalue weighted by atomic mass is 16.5. The fourth-order valence-corrected chi connectivity index (χ4v) is 5.28. The molecular weight excluding hydrogens is 442 g/mol. The van der Waals surface area contributed by atoms with Crippen LogP contribution >= 0.6 is 0 Å². The summed E-state index contributed by atoms with van der Waals surface area (Å²) in [5, 5.41) is 18.3. The minimum absolute atomic E-state index is 0.104. The van der Waals surface area contributed by atoms with Gasteiger partial charge in [-0.1, -0.05) is 0 Å². The van der Waals surface area contributed by atoms with Crippen LogP contribution in [-0.4, -0.2) is 88.7 Å². The third-order valence-electron chi connectivity index (χ3n) is 7.34. The normalized spacial score (nSPS) is 22.5. The molecule has 1 saturated carbocycles. The molecule has 1 atom stereocenters. The first-order valence-electron chi connectivity index (χ1n) is 12.7. The van der Waals surface area contributed by atoms with Gasteiger partial charge in [-0.15, -0.1) is 5.10 Å². The minimum Gasteiger partial charge on any atom is -0.393 e. The number of nitrogens with zero attached hydrogens (tertiary/aromatic N) is 6. The fourth-order valence-electron chi connectivity index (χ4n) is 5.28. The second kappa shape index (κ2) is 10.5. The van der Waals surface area contributed by atoms with Crippen molar-refractivity contribution in [3.63, 3.8) is 0 Å². The lowest BCUT2D eigenvalue weighted by atomic mass is 9.85. The van der Waals surface area contributed by atoms with Gasteiger partial charge in [0, 0.05) is 62.7 Å². The molecule has 2 aliphatic rings. The number of pyridine rings is 1. The first-order valence-corrected chi connectivity index (χ1v) is 12.7. The monoisotopic (exact) mass is 479 g/mol. The maximum absolute atomic E-state index is 10.1. The Labute approximate surface area is 207 Å². The summed E-state index contributed by atoms with van der Waals surface area (Å²) in [6.45, 7) is 6.69. The Balaban J connectivity index is 1.52. The number of hydrogen-bond donors (Lipinski definition) is 2. The smallest absolute Gasteiger partial charge is 0.241 e. The number of nitrogens with one attached hydrogen (secondary N) is 1. The molecule has 1 aliphatic carbocycles. The first kappa shape index (κ1) is 24.0. The molecule has 2 N–H and O–H groups in total. The Hall–Kier alpha value is -2.75. The molecule has 1 saturated heterocycles. The Kier molecular flexibility index (Phi) is 7.17. The van der Waals surface area contributed by atoms with E-state index in [-0.39, 0.29) is 12.1 Å². The van der Waals surface area contributed by atoms with E-state index in [0.717, 1.165) is 74.3 Å². The lowest BCUT2D eigenvalue weighted by Gasteiger charge is -2.33. The van der Waals surface area contributed by atoms with Crippen LogP contribution in [0.1, 0.15) is 44.2 Å². The van der Waals surface area contributed by atoms with Gasteiger partial charge in [-0.3, -0.25) is 0 Å². The summed E-state index contributed by atoms with van der Waals surface area (Å²) >= 11 is 0. The van der Waals surface area contributed by atoms with Crippen molar-refractivity contribution in [2.45, 2.75) is 50.7 Å². The van der Waals surface area contributed by atoms with Gasteiger partial charge in [-0.2, -0.15) is 0 Å². The molecule has 9 heteroatoms. The number of anilines is 2. The topological polar surface area (TPSA) is 91.0 Å². The predicted molar refractivity (Wildman–Crippen MR) is 138 cm³/mol. The SMILES string of the molecule is COC[C@H](C)Nc1ncc2c(-c3ccnc(N4CCN(C)CC4)c3)cc([C@H]3CC[C@H](O)CC3)n2n1. The average Bonchev–Trinajstić information content (AvgIpc) is 3.24. The van der Waals surface area contributed by atoms with Crippen molar-refractivity contribution in [2.24, 2.45) is 0 Å². The van der Waals surface area contributed by atoms with E-state index < -0.39 is 0 Å². The average molecular weight is 480 g/mol. The molecule has 5 rings (SSSR count). The molecule has 0 spiro atoms. The lowest BCUT2D eigenvalue weighted by Crippen LogP contribution is -2.44. The molecule has 1 aliphatic heterocycles. The number of aliphatic hydroxyl groups excluding tert-OH is 1. The largest absolute Gasteiger partial charge is 0.393 e. The van der Waals surface area contributed by atoms with E-state index in [4.69, 9.17) is 9.84 Å². The van der Waals surface area contributed by atoms with Crippen molar-refractivity contribution in [3.05, 3.63) is 36.3 Å². The number of methoxy groups -OCH3 is 1. The molecule has 0 bridgehead atoms. The van der Waals surface area contributed by atoms with E-state index in [1.165, 1.54) is 5.69 Å². The van der Waals surface area contributed by atoms with Gasteiger partial charge >= 0.3 is 0 Å². The molecular formula is C26H37N7O2. The second-order valence-electron chi connectivity index (χ2n) is 10.1. The van der Waals surface area contributed by atoms with Gasteiger partial charge in [0.1, 0.15) is 5.82 Å². The van der Waals surface area contributed by atoms with E-state index in [9.17, 15) is 5.11 Å². The van der Waals surface area contributed by atoms with E-state index in [0.29, 0.717) is 18.5 Å². The van der Waals surface area contributed by atoms with Crippen molar-refractivity contribution < 1.29 is 9.84 Å². The molecule has 3 aromatic heterocycles. The minimum atomic E-state index is -0.190. The van der Waals surface area contributed by atoms with Crippen LogP contribution in [0.3, 0.4) is 0 Å². The van der Waals surface area contributed by atoms with E-state index in [1.807, 2.05) is 12.4 Å². The molecule has 188 valence electrons. The maximum atomic E-state index is 10.1. The molecule has 0 amide bonds. The van der Waals surface area contributed by atoms with Crippen LogP contribution < -0.4 is 10.2 Å². The van der Waals surface area contributed by atoms with E-state index in [2.05, 4.69) is 61.8 Å². The second-order valence-corrected chi connectivity index (χ2v) is 10.1. The standard InChI is InChI=1S/C26H37N7O2/c1-18(17-35-3)29-26-28-16-24-22(15-23(33(24)30-26)19-4-6-21(34)7-5-19)20-8-9-27-25(14-20)32-12-10-31(2)11-13-32/h8-9,14-16,18-19,21,34H,4-7,10-13,17H2,1-3H3,(H,29,30)/t18-,19-,21-/m0/s1. The highest BCUT2D eigenvalue weighted by Gasteiger charge is 2.26. The molecule has 0 unspecified atom stereocenters. The van der Waals surface area contributed by atoms with Crippen LogP contribution in [0.5, 0.6) is 0 Å². The third-order valence-corrected chi connectivity index (χ3v) is 7.34. The molecule has 0 aromatic carbocycles. The zero-order chi connectivity index (χ0) is 24.4. The molecule has 0 radical (unpaired) electrons. The van der Waals surface area contributed by atoms with E-state index >= 15 is 0 Å². The Bertz CT molecular complexity index is 1130. The van der Waals surface area contributed by atoms with Crippen molar-refractivity contribution in [1.29, 1.82) is 0 Å². The summed E-state index contributed by atoms with van der Waals surface area (Å²) in [4.78, 5) is 14.0. The molecule has 2 fully saturated rings. The summed E-state index contributed by atoms with van der Waals surface area (Å²) < 4.78 is 7.32. The van der Waals surface area contributed by atoms with Crippen LogP contribution in [0.25, 0.3) is 16.6 Å². The number of likely N-dealkylation sites (N-methyl/N-ethyl adjacent to an activating group) is 1. The summed E-state index contributed by atoms with van der Waals surface area (Å²) in [7, 11) is 3.86. The highest BCUT2D eigenvalue weighted by Crippen LogP contribution is 2.38. The van der Waals surface area contributed by atoms with Crippen LogP contribution in [-0.2, 0) is 4.74 Å². The first-order chi connectivity index (χ1) is 17.0. The van der Waals surface area contributed by atoms with Crippen molar-refractivity contribution >= 4 is 17.3 Å². The van der Waals surface area contributed by atoms with Crippen molar-refractivity contribution in [1.82, 2.24) is 24.5 Å². The Morgan fingerprint density at radius 3 is 2.63 bits per heavy atom. The maximum Gasteiger partial charge on any atom is 0.241 e. The van der Waals surface area contributed by atoms with Gasteiger partial charge in [0.15, 0.2) is 0 Å². The number of ether oxygens (including phenoxy) is 1. The Morgan fingerprint density at radius 2 is 1.89 bits per heavy atom. The number of aliphatic hydroxyl groups is 1. The molecule has 4 heterocycles. The van der Waals surface area contributed by atoms with Crippen LogP contribution in [0.4, 0.5) is 11.8 Å². The number of aromatic nitrogens is 4. The predicted octanol–water partition coefficient (Wildman–Crippen LogP) is 3.01. The quantitative estimate of drug-likeness (QED) is 0.535. The van der Waals surface area contributed by atoms with Crippen LogP contribution in [0.2, 0.25) is 0 Å². The van der Waals surface area contributed by atoms with Gasteiger partial charge in [-0.05, 0) is 63.4 Å². The van der Waals surface area contributed by atoms with Crippen LogP contribution in [0, 0.1) is 0 Å². The van der Waals surface area contributed by atoms with Gasteiger partial charge in [0.25, 0.3) is 0 Å². The van der Waals surface area contributed by atoms with Gasteiger partial charge in [0.05, 0.1) is 24.4 Å². The molecule has 9 nitrogen and oxygen atoms in total. The zero-order valence-electron chi connectivity index (χ0n) is 21.0. The zero-order valence-corrected chi connectivity index (χ0v) is 21.0. The summed E-state index contributed by atoms with van der Waals surface area (Å²) in [6, 6.07) is 6.66. The number of fused-ring (bicyclic) bond motifs is 1. The van der Waals surface area contributed by atoms with Crippen molar-refractivity contribution in [3.8, 4) is 11.1 Å². The summed E-state index contributed by atoms with van der Waals surface area (Å²) in [5.74, 6) is 1.97. The van der Waals surface area contributed by atoms with Gasteiger partial charge in [0.2, 0.25) is 5.95 Å². The van der Waals surface area contributed by atoms with Crippen LogP contribution in [0.15, 0.2) is 30.6 Å². The number of piperazine rings is 1. The van der Waals surface area contributed by atoms with Gasteiger partial charge in [-0.25, -0.2) is 14.5 Å². The third kappa shape index (κ3) is 5.27. The molecule has 3 aromatic rings. The van der Waals surface area contributed by atoms with Crippen molar-refractivity contribution in [2.75, 3.05) is 57.2 Å². The van der Waals surface area contributed by atoms with E-state index in [1.54, 1.807) is 7.11 Å². The number of rotatable bonds is 7. The molecule has 35 heavy (non-hydrogen) atoms.